The van der Waals surface area contributed by atoms with Crippen molar-refractivity contribution < 1.29 is 4.79 Å². The summed E-state index contributed by atoms with van der Waals surface area (Å²) in [6.07, 6.45) is 0. The Bertz CT molecular complexity index is 623. The highest BCUT2D eigenvalue weighted by Crippen LogP contribution is 2.24. The van der Waals surface area contributed by atoms with Crippen LogP contribution in [0.2, 0.25) is 0 Å². The summed E-state index contributed by atoms with van der Waals surface area (Å²) in [6, 6.07) is 16.0. The molecular formula is C18H21NO. The fraction of sp³-hybridized carbons (Fsp3) is 0.278. The third kappa shape index (κ3) is 3.47. The molecule has 0 bridgehead atoms. The summed E-state index contributed by atoms with van der Waals surface area (Å²) in [5.74, 6) is -0.0343. The van der Waals surface area contributed by atoms with Gasteiger partial charge in [0.25, 0.3) is 5.91 Å². The molecule has 1 amide bonds. The number of carbonyl (C=O) groups is 1. The van der Waals surface area contributed by atoms with Gasteiger partial charge in [-0.3, -0.25) is 4.79 Å². The molecule has 0 aliphatic carbocycles. The molecular weight excluding hydrogens is 246 g/mol. The third-order valence-electron chi connectivity index (χ3n) is 3.07. The monoisotopic (exact) mass is 267 g/mol. The van der Waals surface area contributed by atoms with E-state index in [2.05, 4.69) is 24.4 Å². The van der Waals surface area contributed by atoms with Gasteiger partial charge in [-0.1, -0.05) is 36.4 Å². The zero-order valence-electron chi connectivity index (χ0n) is 12.5. The maximum absolute atomic E-state index is 12.2. The molecule has 0 aromatic heterocycles. The molecule has 0 saturated carbocycles. The maximum atomic E-state index is 12.2. The van der Waals surface area contributed by atoms with Crippen molar-refractivity contribution in [3.8, 4) is 11.1 Å². The van der Waals surface area contributed by atoms with Crippen LogP contribution in [-0.4, -0.2) is 11.4 Å². The first-order chi connectivity index (χ1) is 9.37. The maximum Gasteiger partial charge on any atom is 0.251 e. The number of hydrogen-bond donors (Lipinski definition) is 1. The Hall–Kier alpha value is -2.09. The summed E-state index contributed by atoms with van der Waals surface area (Å²) in [5.41, 5.74) is 3.92. The van der Waals surface area contributed by atoms with E-state index in [9.17, 15) is 4.79 Å². The quantitative estimate of drug-likeness (QED) is 0.868. The highest BCUT2D eigenvalue weighted by atomic mass is 16.1. The molecule has 0 atom stereocenters. The summed E-state index contributed by atoms with van der Waals surface area (Å²) in [6.45, 7) is 8.03. The Morgan fingerprint density at radius 1 is 1.00 bits per heavy atom. The largest absolute Gasteiger partial charge is 0.347 e. The number of aryl methyl sites for hydroxylation is 1. The van der Waals surface area contributed by atoms with Gasteiger partial charge in [-0.2, -0.15) is 0 Å². The van der Waals surface area contributed by atoms with E-state index in [1.54, 1.807) is 0 Å². The molecule has 0 unspecified atom stereocenters. The van der Waals surface area contributed by atoms with Crippen LogP contribution in [-0.2, 0) is 0 Å². The van der Waals surface area contributed by atoms with E-state index in [-0.39, 0.29) is 11.4 Å². The van der Waals surface area contributed by atoms with Crippen LogP contribution in [0, 0.1) is 6.92 Å². The van der Waals surface area contributed by atoms with E-state index >= 15 is 0 Å². The number of hydrogen-bond acceptors (Lipinski definition) is 1. The summed E-state index contributed by atoms with van der Waals surface area (Å²) < 4.78 is 0. The van der Waals surface area contributed by atoms with Gasteiger partial charge in [0.15, 0.2) is 0 Å². The zero-order valence-corrected chi connectivity index (χ0v) is 12.5. The van der Waals surface area contributed by atoms with Gasteiger partial charge in [-0.15, -0.1) is 0 Å². The smallest absolute Gasteiger partial charge is 0.251 e. The van der Waals surface area contributed by atoms with E-state index in [0.29, 0.717) is 5.56 Å². The third-order valence-corrected chi connectivity index (χ3v) is 3.07. The predicted octanol–water partition coefficient (Wildman–Crippen LogP) is 4.19. The molecule has 0 spiro atoms. The second kappa shape index (κ2) is 5.49. The summed E-state index contributed by atoms with van der Waals surface area (Å²) in [5, 5.41) is 2.99. The van der Waals surface area contributed by atoms with Crippen LogP contribution in [0.15, 0.2) is 48.5 Å². The van der Waals surface area contributed by atoms with Gasteiger partial charge in [0, 0.05) is 11.1 Å². The lowest BCUT2D eigenvalue weighted by molar-refractivity contribution is 0.0919. The summed E-state index contributed by atoms with van der Waals surface area (Å²) in [4.78, 5) is 12.2. The van der Waals surface area contributed by atoms with Crippen LogP contribution in [0.5, 0.6) is 0 Å². The Morgan fingerprint density at radius 3 is 2.35 bits per heavy atom. The Balaban J connectivity index is 2.34. The van der Waals surface area contributed by atoms with E-state index in [1.165, 1.54) is 5.56 Å². The van der Waals surface area contributed by atoms with Crippen molar-refractivity contribution in [3.63, 3.8) is 0 Å². The van der Waals surface area contributed by atoms with Gasteiger partial charge >= 0.3 is 0 Å². The lowest BCUT2D eigenvalue weighted by Gasteiger charge is -2.20. The number of carbonyl (C=O) groups excluding carboxylic acids is 1. The van der Waals surface area contributed by atoms with Crippen molar-refractivity contribution in [1.82, 2.24) is 5.32 Å². The topological polar surface area (TPSA) is 29.1 Å². The first-order valence-electron chi connectivity index (χ1n) is 6.85. The molecule has 0 aliphatic heterocycles. The van der Waals surface area contributed by atoms with Gasteiger partial charge < -0.3 is 5.32 Å². The highest BCUT2D eigenvalue weighted by Gasteiger charge is 2.15. The molecule has 20 heavy (non-hydrogen) atoms. The molecule has 2 heteroatoms. The Labute approximate surface area is 120 Å². The fourth-order valence-electron chi connectivity index (χ4n) is 2.14. The van der Waals surface area contributed by atoms with Gasteiger partial charge in [-0.25, -0.2) is 0 Å². The number of benzene rings is 2. The molecule has 104 valence electrons. The first kappa shape index (κ1) is 14.3. The van der Waals surface area contributed by atoms with Crippen molar-refractivity contribution in [3.05, 3.63) is 59.7 Å². The van der Waals surface area contributed by atoms with Crippen molar-refractivity contribution in [2.75, 3.05) is 0 Å². The van der Waals surface area contributed by atoms with Gasteiger partial charge in [-0.05, 0) is 56.5 Å². The molecule has 2 rings (SSSR count). The molecule has 2 aromatic rings. The Morgan fingerprint density at radius 2 is 1.70 bits per heavy atom. The number of amides is 1. The van der Waals surface area contributed by atoms with Crippen LogP contribution in [0.3, 0.4) is 0 Å². The minimum absolute atomic E-state index is 0.0343. The summed E-state index contributed by atoms with van der Waals surface area (Å²) >= 11 is 0. The van der Waals surface area contributed by atoms with E-state index in [1.807, 2.05) is 57.2 Å². The lowest BCUT2D eigenvalue weighted by atomic mass is 9.98. The minimum Gasteiger partial charge on any atom is -0.347 e. The second-order valence-electron chi connectivity index (χ2n) is 6.10. The van der Waals surface area contributed by atoms with E-state index in [4.69, 9.17) is 0 Å². The predicted molar refractivity (Wildman–Crippen MR) is 83.8 cm³/mol. The normalized spacial score (nSPS) is 11.2. The van der Waals surface area contributed by atoms with E-state index in [0.717, 1.165) is 11.1 Å². The minimum atomic E-state index is -0.226. The van der Waals surface area contributed by atoms with E-state index < -0.39 is 0 Å². The standard InChI is InChI=1S/C18H21NO/c1-13-8-5-6-11-16(13)14-9-7-10-15(12-14)17(20)19-18(2,3)4/h5-12H,1-4H3,(H,19,20). The average molecular weight is 267 g/mol. The lowest BCUT2D eigenvalue weighted by Crippen LogP contribution is -2.40. The molecule has 0 aliphatic rings. The van der Waals surface area contributed by atoms with Crippen LogP contribution in [0.1, 0.15) is 36.7 Å². The van der Waals surface area contributed by atoms with Gasteiger partial charge in [0.1, 0.15) is 0 Å². The van der Waals surface area contributed by atoms with Crippen LogP contribution >= 0.6 is 0 Å². The second-order valence-corrected chi connectivity index (χ2v) is 6.10. The van der Waals surface area contributed by atoms with Crippen LogP contribution < -0.4 is 5.32 Å². The average Bonchev–Trinajstić information content (AvgIpc) is 2.37. The zero-order chi connectivity index (χ0) is 14.8. The van der Waals surface area contributed by atoms with Crippen molar-refractivity contribution >= 4 is 5.91 Å². The summed E-state index contributed by atoms with van der Waals surface area (Å²) in [7, 11) is 0. The molecule has 2 aromatic carbocycles. The molecule has 0 heterocycles. The van der Waals surface area contributed by atoms with Crippen molar-refractivity contribution in [1.29, 1.82) is 0 Å². The Kier molecular flexibility index (Phi) is 3.93. The van der Waals surface area contributed by atoms with Crippen molar-refractivity contribution in [2.24, 2.45) is 0 Å². The molecule has 0 saturated heterocycles. The molecule has 0 fully saturated rings. The van der Waals surface area contributed by atoms with Gasteiger partial charge in [0.05, 0.1) is 0 Å². The van der Waals surface area contributed by atoms with Crippen LogP contribution in [0.4, 0.5) is 0 Å². The number of nitrogens with one attached hydrogen (secondary N) is 1. The van der Waals surface area contributed by atoms with Gasteiger partial charge in [0.2, 0.25) is 0 Å². The highest BCUT2D eigenvalue weighted by molar-refractivity contribution is 5.96. The molecule has 0 radical (unpaired) electrons. The SMILES string of the molecule is Cc1ccccc1-c1cccc(C(=O)NC(C)(C)C)c1. The van der Waals surface area contributed by atoms with Crippen molar-refractivity contribution in [2.45, 2.75) is 33.2 Å². The first-order valence-corrected chi connectivity index (χ1v) is 6.85. The number of rotatable bonds is 2. The molecule has 2 nitrogen and oxygen atoms in total. The fourth-order valence-corrected chi connectivity index (χ4v) is 2.14. The van der Waals surface area contributed by atoms with Crippen LogP contribution in [0.25, 0.3) is 11.1 Å². The molecule has 1 N–H and O–H groups in total.